The molecule has 1 unspecified atom stereocenters. The Morgan fingerprint density at radius 3 is 2.76 bits per heavy atom. The monoisotopic (exact) mass is 365 g/mol. The second-order valence-corrected chi connectivity index (χ2v) is 7.42. The molecule has 1 aliphatic rings. The summed E-state index contributed by atoms with van der Waals surface area (Å²) in [5, 5.41) is 14.7. The molecular formula is C18H27N3O3S. The zero-order valence-electron chi connectivity index (χ0n) is 14.7. The smallest absolute Gasteiger partial charge is 0.320 e. The van der Waals surface area contributed by atoms with Crippen LogP contribution in [0.3, 0.4) is 0 Å². The first-order valence-corrected chi connectivity index (χ1v) is 9.89. The second-order valence-electron chi connectivity index (χ2n) is 6.20. The van der Waals surface area contributed by atoms with Crippen molar-refractivity contribution in [2.24, 2.45) is 0 Å². The van der Waals surface area contributed by atoms with Gasteiger partial charge in [-0.05, 0) is 24.1 Å². The molecular weight excluding hydrogens is 338 g/mol. The number of thioether (sulfide) groups is 1. The topological polar surface area (TPSA) is 81.7 Å². The van der Waals surface area contributed by atoms with Crippen molar-refractivity contribution in [2.75, 3.05) is 36.5 Å². The summed E-state index contributed by atoms with van der Waals surface area (Å²) in [5.74, 6) is 1.19. The van der Waals surface area contributed by atoms with Gasteiger partial charge in [0.05, 0.1) is 6.54 Å². The molecule has 1 atom stereocenters. The number of hydrogen-bond donors (Lipinski definition) is 3. The Hall–Kier alpha value is -1.57. The van der Waals surface area contributed by atoms with E-state index in [0.717, 1.165) is 31.7 Å². The van der Waals surface area contributed by atoms with Crippen molar-refractivity contribution in [1.29, 1.82) is 0 Å². The lowest BCUT2D eigenvalue weighted by atomic mass is 10.1. The van der Waals surface area contributed by atoms with Crippen LogP contribution in [-0.4, -0.2) is 59.1 Å². The summed E-state index contributed by atoms with van der Waals surface area (Å²) >= 11 is 1.99. The molecule has 2 rings (SSSR count). The van der Waals surface area contributed by atoms with Crippen LogP contribution in [0, 0.1) is 0 Å². The van der Waals surface area contributed by atoms with Gasteiger partial charge in [-0.25, -0.2) is 0 Å². The summed E-state index contributed by atoms with van der Waals surface area (Å²) < 4.78 is 0. The number of carbonyl (C=O) groups is 2. The van der Waals surface area contributed by atoms with Gasteiger partial charge in [0.2, 0.25) is 5.91 Å². The molecule has 6 nitrogen and oxygen atoms in total. The van der Waals surface area contributed by atoms with Crippen molar-refractivity contribution in [3.63, 3.8) is 0 Å². The first kappa shape index (κ1) is 19.8. The molecule has 0 spiro atoms. The standard InChI is InChI=1S/C18H27N3O3S/c1-2-4-16(18(23)24)19-12-17(22)20-15-6-3-5-14(11-15)13-21-7-9-25-10-8-21/h3,5-6,11,16,19H,2,4,7-10,12-13H2,1H3,(H,20,22)(H,23,24). The molecule has 0 aromatic heterocycles. The number of rotatable bonds is 9. The lowest BCUT2D eigenvalue weighted by molar-refractivity contribution is -0.139. The summed E-state index contributed by atoms with van der Waals surface area (Å²) in [4.78, 5) is 25.6. The second kappa shape index (κ2) is 10.4. The van der Waals surface area contributed by atoms with E-state index >= 15 is 0 Å². The zero-order chi connectivity index (χ0) is 18.1. The van der Waals surface area contributed by atoms with Crippen LogP contribution in [0.25, 0.3) is 0 Å². The van der Waals surface area contributed by atoms with Gasteiger partial charge in [0.25, 0.3) is 0 Å². The Morgan fingerprint density at radius 2 is 2.08 bits per heavy atom. The van der Waals surface area contributed by atoms with Crippen molar-refractivity contribution in [1.82, 2.24) is 10.2 Å². The fraction of sp³-hybridized carbons (Fsp3) is 0.556. The molecule has 0 aliphatic carbocycles. The molecule has 1 fully saturated rings. The molecule has 1 aromatic carbocycles. The summed E-state index contributed by atoms with van der Waals surface area (Å²) in [6, 6.07) is 7.17. The van der Waals surface area contributed by atoms with Crippen molar-refractivity contribution < 1.29 is 14.7 Å². The number of nitrogens with zero attached hydrogens (tertiary/aromatic N) is 1. The number of hydrogen-bond acceptors (Lipinski definition) is 5. The van der Waals surface area contributed by atoms with Gasteiger partial charge in [0, 0.05) is 36.8 Å². The highest BCUT2D eigenvalue weighted by Gasteiger charge is 2.17. The molecule has 25 heavy (non-hydrogen) atoms. The first-order valence-electron chi connectivity index (χ1n) is 8.73. The lowest BCUT2D eigenvalue weighted by Gasteiger charge is -2.26. The average Bonchev–Trinajstić information content (AvgIpc) is 2.59. The maximum Gasteiger partial charge on any atom is 0.320 e. The van der Waals surface area contributed by atoms with Crippen molar-refractivity contribution in [3.8, 4) is 0 Å². The Kier molecular flexibility index (Phi) is 8.24. The van der Waals surface area contributed by atoms with Crippen LogP contribution in [0.2, 0.25) is 0 Å². The fourth-order valence-corrected chi connectivity index (χ4v) is 3.77. The summed E-state index contributed by atoms with van der Waals surface area (Å²) in [7, 11) is 0. The molecule has 1 aliphatic heterocycles. The number of aliphatic carboxylic acids is 1. The van der Waals surface area contributed by atoms with E-state index in [1.165, 1.54) is 17.1 Å². The van der Waals surface area contributed by atoms with Crippen molar-refractivity contribution in [3.05, 3.63) is 29.8 Å². The molecule has 3 N–H and O–H groups in total. The maximum absolute atomic E-state index is 12.1. The first-order chi connectivity index (χ1) is 12.1. The van der Waals surface area contributed by atoms with Crippen LogP contribution in [0.15, 0.2) is 24.3 Å². The van der Waals surface area contributed by atoms with Gasteiger partial charge in [0.15, 0.2) is 0 Å². The minimum absolute atomic E-state index is 0.00938. The third kappa shape index (κ3) is 7.05. The number of carboxylic acid groups (broad SMARTS) is 1. The van der Waals surface area contributed by atoms with Gasteiger partial charge < -0.3 is 10.4 Å². The number of carbonyl (C=O) groups excluding carboxylic acids is 1. The number of carboxylic acids is 1. The quantitative estimate of drug-likeness (QED) is 0.621. The van der Waals surface area contributed by atoms with E-state index in [2.05, 4.69) is 21.6 Å². The van der Waals surface area contributed by atoms with Gasteiger partial charge in [-0.15, -0.1) is 0 Å². The molecule has 0 saturated carbocycles. The highest BCUT2D eigenvalue weighted by molar-refractivity contribution is 7.99. The van der Waals surface area contributed by atoms with Crippen LogP contribution < -0.4 is 10.6 Å². The minimum Gasteiger partial charge on any atom is -0.480 e. The lowest BCUT2D eigenvalue weighted by Crippen LogP contribution is -2.41. The van der Waals surface area contributed by atoms with Gasteiger partial charge in [-0.1, -0.05) is 25.5 Å². The van der Waals surface area contributed by atoms with E-state index in [4.69, 9.17) is 5.11 Å². The molecule has 1 saturated heterocycles. The van der Waals surface area contributed by atoms with E-state index in [1.54, 1.807) is 0 Å². The van der Waals surface area contributed by atoms with Crippen LogP contribution in [0.1, 0.15) is 25.3 Å². The van der Waals surface area contributed by atoms with Gasteiger partial charge >= 0.3 is 5.97 Å². The average molecular weight is 365 g/mol. The van der Waals surface area contributed by atoms with Crippen LogP contribution in [0.4, 0.5) is 5.69 Å². The maximum atomic E-state index is 12.1. The Morgan fingerprint density at radius 1 is 1.32 bits per heavy atom. The van der Waals surface area contributed by atoms with Crippen LogP contribution >= 0.6 is 11.8 Å². The third-order valence-electron chi connectivity index (χ3n) is 4.11. The largest absolute Gasteiger partial charge is 0.480 e. The Balaban J connectivity index is 1.83. The van der Waals surface area contributed by atoms with E-state index in [1.807, 2.05) is 36.9 Å². The van der Waals surface area contributed by atoms with E-state index < -0.39 is 12.0 Å². The van der Waals surface area contributed by atoms with Crippen molar-refractivity contribution >= 4 is 29.3 Å². The summed E-state index contributed by atoms with van der Waals surface area (Å²) in [6.07, 6.45) is 1.26. The highest BCUT2D eigenvalue weighted by atomic mass is 32.2. The predicted octanol–water partition coefficient (Wildman–Crippen LogP) is 2.02. The highest BCUT2D eigenvalue weighted by Crippen LogP contribution is 2.16. The predicted molar refractivity (Wildman–Crippen MR) is 102 cm³/mol. The van der Waals surface area contributed by atoms with Gasteiger partial charge in [-0.2, -0.15) is 11.8 Å². The van der Waals surface area contributed by atoms with Gasteiger partial charge in [0.1, 0.15) is 6.04 Å². The molecule has 1 heterocycles. The molecule has 0 radical (unpaired) electrons. The third-order valence-corrected chi connectivity index (χ3v) is 5.05. The number of benzene rings is 1. The summed E-state index contributed by atoms with van der Waals surface area (Å²) in [5.41, 5.74) is 1.92. The normalized spacial score (nSPS) is 16.4. The summed E-state index contributed by atoms with van der Waals surface area (Å²) in [6.45, 7) is 4.99. The fourth-order valence-electron chi connectivity index (χ4n) is 2.79. The van der Waals surface area contributed by atoms with Crippen LogP contribution in [-0.2, 0) is 16.1 Å². The molecule has 138 valence electrons. The minimum atomic E-state index is -0.920. The molecule has 7 heteroatoms. The number of anilines is 1. The SMILES string of the molecule is CCCC(NCC(=O)Nc1cccc(CN2CCSCC2)c1)C(=O)O. The van der Waals surface area contributed by atoms with Gasteiger partial charge in [-0.3, -0.25) is 19.8 Å². The van der Waals surface area contributed by atoms with Crippen LogP contribution in [0.5, 0.6) is 0 Å². The van der Waals surface area contributed by atoms with E-state index in [-0.39, 0.29) is 12.5 Å². The van der Waals surface area contributed by atoms with E-state index in [0.29, 0.717) is 6.42 Å². The van der Waals surface area contributed by atoms with E-state index in [9.17, 15) is 9.59 Å². The zero-order valence-corrected chi connectivity index (χ0v) is 15.5. The Labute approximate surface area is 153 Å². The van der Waals surface area contributed by atoms with Crippen molar-refractivity contribution in [2.45, 2.75) is 32.4 Å². The molecule has 1 amide bonds. The molecule has 1 aromatic rings. The number of amides is 1. The Bertz CT molecular complexity index is 576. The number of nitrogens with one attached hydrogen (secondary N) is 2. The molecule has 0 bridgehead atoms.